The van der Waals surface area contributed by atoms with Crippen molar-refractivity contribution in [2.24, 2.45) is 7.05 Å². The first-order chi connectivity index (χ1) is 15.7. The fourth-order valence-corrected chi connectivity index (χ4v) is 4.55. The number of anilines is 1. The third kappa shape index (κ3) is 4.10. The summed E-state index contributed by atoms with van der Waals surface area (Å²) in [7, 11) is -2.56. The Hall–Kier alpha value is -3.99. The molecule has 2 aromatic carbocycles. The van der Waals surface area contributed by atoms with Gasteiger partial charge in [-0.15, -0.1) is 0 Å². The third-order valence-corrected chi connectivity index (χ3v) is 6.47. The number of benzene rings is 2. The number of carbonyl (C=O) groups is 3. The molecule has 1 aromatic heterocycles. The van der Waals surface area contributed by atoms with Crippen molar-refractivity contribution in [3.05, 3.63) is 77.0 Å². The van der Waals surface area contributed by atoms with Crippen molar-refractivity contribution in [2.75, 3.05) is 11.3 Å². The van der Waals surface area contributed by atoms with Crippen LogP contribution in [0.5, 0.6) is 0 Å². The molecule has 0 fully saturated rings. The number of hydrogen-bond acceptors (Lipinski definition) is 7. The highest BCUT2D eigenvalue weighted by molar-refractivity contribution is 7.92. The predicted molar refractivity (Wildman–Crippen MR) is 117 cm³/mol. The molecule has 0 spiro atoms. The van der Waals surface area contributed by atoms with Crippen LogP contribution in [0.2, 0.25) is 0 Å². The quantitative estimate of drug-likeness (QED) is 0.416. The van der Waals surface area contributed by atoms with Gasteiger partial charge in [-0.05, 0) is 36.8 Å². The van der Waals surface area contributed by atoms with Crippen molar-refractivity contribution in [3.63, 3.8) is 0 Å². The van der Waals surface area contributed by atoms with Gasteiger partial charge in [0.1, 0.15) is 5.56 Å². The topological polar surface area (TPSA) is 128 Å². The second-order valence-electron chi connectivity index (χ2n) is 7.24. The van der Waals surface area contributed by atoms with Gasteiger partial charge in [0.2, 0.25) is 0 Å². The molecule has 3 aromatic rings. The number of esters is 1. The number of amides is 2. The molecule has 0 saturated heterocycles. The van der Waals surface area contributed by atoms with E-state index in [0.717, 1.165) is 4.90 Å². The maximum atomic E-state index is 12.9. The number of carbonyl (C=O) groups excluding carboxylic acids is 3. The normalized spacial score (nSPS) is 13.2. The van der Waals surface area contributed by atoms with Gasteiger partial charge in [0.15, 0.2) is 5.82 Å². The van der Waals surface area contributed by atoms with E-state index < -0.39 is 27.8 Å². The maximum Gasteiger partial charge on any atom is 0.343 e. The van der Waals surface area contributed by atoms with Gasteiger partial charge in [-0.2, -0.15) is 5.10 Å². The standard InChI is InChI=1S/C22H20N4O6S/c1-3-32-22(29)18-12-23-25(2)19(18)24-33(30,31)15-10-8-14(9-11-15)13-26-20(27)16-6-4-5-7-17(16)21(26)28/h4-12,24H,3,13H2,1-2H3. The van der Waals surface area contributed by atoms with E-state index in [4.69, 9.17) is 4.74 Å². The molecule has 33 heavy (non-hydrogen) atoms. The summed E-state index contributed by atoms with van der Waals surface area (Å²) in [6, 6.07) is 12.3. The molecule has 0 bridgehead atoms. The predicted octanol–water partition coefficient (Wildman–Crippen LogP) is 2.19. The summed E-state index contributed by atoms with van der Waals surface area (Å²) in [6.45, 7) is 1.78. The largest absolute Gasteiger partial charge is 0.462 e. The Kier molecular flexibility index (Phi) is 5.73. The van der Waals surface area contributed by atoms with Gasteiger partial charge in [-0.25, -0.2) is 13.2 Å². The summed E-state index contributed by atoms with van der Waals surface area (Å²) in [6.07, 6.45) is 1.22. The molecule has 0 radical (unpaired) electrons. The molecule has 1 N–H and O–H groups in total. The van der Waals surface area contributed by atoms with Crippen molar-refractivity contribution < 1.29 is 27.5 Å². The first kappa shape index (κ1) is 22.2. The van der Waals surface area contributed by atoms with E-state index in [1.807, 2.05) is 0 Å². The van der Waals surface area contributed by atoms with Crippen LogP contribution in [0, 0.1) is 0 Å². The summed E-state index contributed by atoms with van der Waals surface area (Å²) in [5, 5.41) is 3.92. The van der Waals surface area contributed by atoms with Crippen LogP contribution in [0.3, 0.4) is 0 Å². The molecular formula is C22H20N4O6S. The van der Waals surface area contributed by atoms with Crippen molar-refractivity contribution in [2.45, 2.75) is 18.4 Å². The molecule has 0 saturated carbocycles. The SMILES string of the molecule is CCOC(=O)c1cnn(C)c1NS(=O)(=O)c1ccc(CN2C(=O)c3ccccc3C2=O)cc1. The van der Waals surface area contributed by atoms with Crippen LogP contribution in [-0.4, -0.2) is 47.5 Å². The lowest BCUT2D eigenvalue weighted by atomic mass is 10.1. The van der Waals surface area contributed by atoms with Crippen molar-refractivity contribution >= 4 is 33.6 Å². The number of nitrogens with one attached hydrogen (secondary N) is 1. The number of aryl methyl sites for hydroxylation is 1. The van der Waals surface area contributed by atoms with Gasteiger partial charge in [-0.1, -0.05) is 24.3 Å². The molecule has 11 heteroatoms. The van der Waals surface area contributed by atoms with Crippen LogP contribution in [0.25, 0.3) is 0 Å². The molecule has 0 atom stereocenters. The van der Waals surface area contributed by atoms with Gasteiger partial charge in [0, 0.05) is 7.05 Å². The fraction of sp³-hybridized carbons (Fsp3) is 0.182. The van der Waals surface area contributed by atoms with Crippen LogP contribution in [0.4, 0.5) is 5.82 Å². The Labute approximate surface area is 189 Å². The van der Waals surface area contributed by atoms with Gasteiger partial charge in [0.25, 0.3) is 21.8 Å². The van der Waals surface area contributed by atoms with Crippen molar-refractivity contribution in [3.8, 4) is 0 Å². The van der Waals surface area contributed by atoms with Crippen LogP contribution < -0.4 is 4.72 Å². The van der Waals surface area contributed by atoms with Crippen molar-refractivity contribution in [1.82, 2.24) is 14.7 Å². The summed E-state index contributed by atoms with van der Waals surface area (Å²) in [4.78, 5) is 38.2. The second-order valence-corrected chi connectivity index (χ2v) is 8.92. The Morgan fingerprint density at radius 2 is 1.64 bits per heavy atom. The monoisotopic (exact) mass is 468 g/mol. The molecule has 170 valence electrons. The Balaban J connectivity index is 1.52. The average molecular weight is 468 g/mol. The third-order valence-electron chi connectivity index (χ3n) is 5.12. The first-order valence-electron chi connectivity index (χ1n) is 9.99. The van der Waals surface area contributed by atoms with E-state index in [9.17, 15) is 22.8 Å². The van der Waals surface area contributed by atoms with E-state index >= 15 is 0 Å². The van der Waals surface area contributed by atoms with Gasteiger partial charge in [0.05, 0.1) is 35.4 Å². The number of aromatic nitrogens is 2. The number of fused-ring (bicyclic) bond motifs is 1. The minimum atomic E-state index is -4.05. The molecule has 2 heterocycles. The summed E-state index contributed by atoms with van der Waals surface area (Å²) in [5.41, 5.74) is 1.26. The number of ether oxygens (including phenoxy) is 1. The maximum absolute atomic E-state index is 12.9. The molecule has 4 rings (SSSR count). The highest BCUT2D eigenvalue weighted by Crippen LogP contribution is 2.25. The highest BCUT2D eigenvalue weighted by Gasteiger charge is 2.35. The molecule has 10 nitrogen and oxygen atoms in total. The Bertz CT molecular complexity index is 1330. The molecule has 1 aliphatic rings. The van der Waals surface area contributed by atoms with E-state index in [0.29, 0.717) is 16.7 Å². The number of nitrogens with zero attached hydrogens (tertiary/aromatic N) is 3. The number of hydrogen-bond donors (Lipinski definition) is 1. The first-order valence-corrected chi connectivity index (χ1v) is 11.5. The minimum absolute atomic E-state index is 0.00877. The zero-order chi connectivity index (χ0) is 23.8. The number of imide groups is 1. The summed E-state index contributed by atoms with van der Waals surface area (Å²) in [5.74, 6) is -1.50. The lowest BCUT2D eigenvalue weighted by molar-refractivity contribution is 0.0526. The molecule has 0 unspecified atom stereocenters. The van der Waals surface area contributed by atoms with Gasteiger partial charge in [-0.3, -0.25) is 23.9 Å². The smallest absolute Gasteiger partial charge is 0.343 e. The van der Waals surface area contributed by atoms with Gasteiger partial charge < -0.3 is 4.74 Å². The second kappa shape index (κ2) is 8.51. The van der Waals surface area contributed by atoms with Crippen LogP contribution in [0.15, 0.2) is 59.6 Å². The molecular weight excluding hydrogens is 448 g/mol. The Morgan fingerprint density at radius 3 is 2.21 bits per heavy atom. The molecule has 0 aliphatic carbocycles. The summed E-state index contributed by atoms with van der Waals surface area (Å²) < 4.78 is 34.3. The summed E-state index contributed by atoms with van der Waals surface area (Å²) >= 11 is 0. The fourth-order valence-electron chi connectivity index (χ4n) is 3.44. The van der Waals surface area contributed by atoms with Crippen LogP contribution >= 0.6 is 0 Å². The van der Waals surface area contributed by atoms with E-state index in [1.54, 1.807) is 31.2 Å². The average Bonchev–Trinajstić information content (AvgIpc) is 3.27. The lowest BCUT2D eigenvalue weighted by Gasteiger charge is -2.14. The molecule has 2 amide bonds. The van der Waals surface area contributed by atoms with E-state index in [-0.39, 0.29) is 29.4 Å². The minimum Gasteiger partial charge on any atom is -0.462 e. The molecule has 1 aliphatic heterocycles. The Morgan fingerprint density at radius 1 is 1.03 bits per heavy atom. The van der Waals surface area contributed by atoms with Crippen LogP contribution in [0.1, 0.15) is 43.6 Å². The zero-order valence-electron chi connectivity index (χ0n) is 17.8. The van der Waals surface area contributed by atoms with E-state index in [1.165, 1.54) is 42.2 Å². The number of rotatable bonds is 7. The highest BCUT2D eigenvalue weighted by atomic mass is 32.2. The lowest BCUT2D eigenvalue weighted by Crippen LogP contribution is -2.29. The van der Waals surface area contributed by atoms with Crippen LogP contribution in [-0.2, 0) is 28.4 Å². The number of sulfonamides is 1. The van der Waals surface area contributed by atoms with E-state index in [2.05, 4.69) is 9.82 Å². The van der Waals surface area contributed by atoms with Gasteiger partial charge >= 0.3 is 5.97 Å². The van der Waals surface area contributed by atoms with Crippen molar-refractivity contribution in [1.29, 1.82) is 0 Å². The zero-order valence-corrected chi connectivity index (χ0v) is 18.6.